The summed E-state index contributed by atoms with van der Waals surface area (Å²) in [7, 11) is 1.73. The molecule has 0 spiro atoms. The highest BCUT2D eigenvalue weighted by Crippen LogP contribution is 2.62. The highest BCUT2D eigenvalue weighted by atomic mass is 16.5. The van der Waals surface area contributed by atoms with Crippen LogP contribution in [0, 0.1) is 10.8 Å². The van der Waals surface area contributed by atoms with Crippen LogP contribution in [0.4, 0.5) is 0 Å². The van der Waals surface area contributed by atoms with Gasteiger partial charge in [-0.1, -0.05) is 58.0 Å². The molecule has 0 aliphatic heterocycles. The summed E-state index contributed by atoms with van der Waals surface area (Å²) in [5, 5.41) is 6.21. The van der Waals surface area contributed by atoms with Crippen molar-refractivity contribution in [3.05, 3.63) is 42.0 Å². The molecule has 3 rings (SSSR count). The van der Waals surface area contributed by atoms with Gasteiger partial charge in [-0.2, -0.15) is 0 Å². The Morgan fingerprint density at radius 1 is 0.952 bits per heavy atom. The summed E-state index contributed by atoms with van der Waals surface area (Å²) < 4.78 is 5.47. The molecule has 2 aromatic carbocycles. The molecule has 21 heavy (non-hydrogen) atoms. The zero-order valence-corrected chi connectivity index (χ0v) is 13.7. The Morgan fingerprint density at radius 3 is 2.14 bits per heavy atom. The Balaban J connectivity index is 1.86. The molecule has 2 aromatic rings. The minimum atomic E-state index is 0.370. The van der Waals surface area contributed by atoms with E-state index in [9.17, 15) is 0 Å². The van der Waals surface area contributed by atoms with Gasteiger partial charge in [0.15, 0.2) is 0 Å². The SMILES string of the molecule is COc1ccc(CNC2C(C)(C)C2(C)C)c2ccccc12. The first kappa shape index (κ1) is 14.4. The van der Waals surface area contributed by atoms with Gasteiger partial charge in [-0.3, -0.25) is 0 Å². The normalized spacial score (nSPS) is 19.7. The summed E-state index contributed by atoms with van der Waals surface area (Å²) in [5.74, 6) is 0.946. The van der Waals surface area contributed by atoms with E-state index in [0.29, 0.717) is 16.9 Å². The Bertz CT molecular complexity index is 658. The highest BCUT2D eigenvalue weighted by molar-refractivity contribution is 5.91. The third-order valence-electron chi connectivity index (χ3n) is 5.71. The van der Waals surface area contributed by atoms with Crippen LogP contribution < -0.4 is 10.1 Å². The molecule has 2 heteroatoms. The maximum atomic E-state index is 5.47. The van der Waals surface area contributed by atoms with Crippen LogP contribution in [0.25, 0.3) is 10.8 Å². The number of methoxy groups -OCH3 is 1. The number of nitrogens with one attached hydrogen (secondary N) is 1. The lowest BCUT2D eigenvalue weighted by Gasteiger charge is -2.12. The number of hydrogen-bond donors (Lipinski definition) is 1. The van der Waals surface area contributed by atoms with Gasteiger partial charge in [0.1, 0.15) is 5.75 Å². The molecule has 0 unspecified atom stereocenters. The smallest absolute Gasteiger partial charge is 0.126 e. The Kier molecular flexibility index (Phi) is 3.25. The Morgan fingerprint density at radius 2 is 1.57 bits per heavy atom. The summed E-state index contributed by atoms with van der Waals surface area (Å²) in [6, 6.07) is 13.3. The standard InChI is InChI=1S/C19H25NO/c1-18(2)17(19(18,3)4)20-12-13-10-11-16(21-5)15-9-7-6-8-14(13)15/h6-11,17,20H,12H2,1-5H3. The molecule has 0 amide bonds. The summed E-state index contributed by atoms with van der Waals surface area (Å²) >= 11 is 0. The second kappa shape index (κ2) is 4.74. The van der Waals surface area contributed by atoms with Crippen molar-refractivity contribution in [3.8, 4) is 5.75 Å². The highest BCUT2D eigenvalue weighted by Gasteiger charge is 2.64. The van der Waals surface area contributed by atoms with Gasteiger partial charge in [-0.05, 0) is 27.8 Å². The van der Waals surface area contributed by atoms with Crippen LogP contribution in [0.2, 0.25) is 0 Å². The largest absolute Gasteiger partial charge is 0.496 e. The topological polar surface area (TPSA) is 21.3 Å². The number of rotatable bonds is 4. The van der Waals surface area contributed by atoms with E-state index in [2.05, 4.69) is 69.4 Å². The fourth-order valence-corrected chi connectivity index (χ4v) is 3.58. The van der Waals surface area contributed by atoms with Gasteiger partial charge in [0.2, 0.25) is 0 Å². The maximum absolute atomic E-state index is 5.47. The van der Waals surface area contributed by atoms with E-state index in [0.717, 1.165) is 12.3 Å². The molecule has 0 heterocycles. The Labute approximate surface area is 127 Å². The van der Waals surface area contributed by atoms with Crippen LogP contribution in [0.5, 0.6) is 5.75 Å². The quantitative estimate of drug-likeness (QED) is 0.899. The van der Waals surface area contributed by atoms with E-state index in [1.165, 1.54) is 16.3 Å². The zero-order chi connectivity index (χ0) is 15.3. The number of hydrogen-bond acceptors (Lipinski definition) is 2. The second-order valence-electron chi connectivity index (χ2n) is 7.23. The summed E-state index contributed by atoms with van der Waals surface area (Å²) in [4.78, 5) is 0. The van der Waals surface area contributed by atoms with Crippen molar-refractivity contribution in [1.82, 2.24) is 5.32 Å². The molecule has 0 bridgehead atoms. The first-order valence-electron chi connectivity index (χ1n) is 7.67. The van der Waals surface area contributed by atoms with Gasteiger partial charge in [-0.15, -0.1) is 0 Å². The molecule has 0 atom stereocenters. The average molecular weight is 283 g/mol. The fourth-order valence-electron chi connectivity index (χ4n) is 3.58. The molecule has 1 N–H and O–H groups in total. The molecule has 0 radical (unpaired) electrons. The molecule has 112 valence electrons. The molecular weight excluding hydrogens is 258 g/mol. The van der Waals surface area contributed by atoms with Crippen LogP contribution in [0.15, 0.2) is 36.4 Å². The average Bonchev–Trinajstić information content (AvgIpc) is 2.86. The summed E-state index contributed by atoms with van der Waals surface area (Å²) in [5.41, 5.74) is 2.08. The number of ether oxygens (including phenoxy) is 1. The molecule has 1 aliphatic rings. The lowest BCUT2D eigenvalue weighted by atomic mass is 10.0. The monoisotopic (exact) mass is 283 g/mol. The van der Waals surface area contributed by atoms with Crippen molar-refractivity contribution in [2.75, 3.05) is 7.11 Å². The minimum Gasteiger partial charge on any atom is -0.496 e. The van der Waals surface area contributed by atoms with E-state index in [-0.39, 0.29) is 0 Å². The molecule has 0 aromatic heterocycles. The maximum Gasteiger partial charge on any atom is 0.126 e. The summed E-state index contributed by atoms with van der Waals surface area (Å²) in [6.07, 6.45) is 0. The van der Waals surface area contributed by atoms with Crippen molar-refractivity contribution in [2.45, 2.75) is 40.3 Å². The van der Waals surface area contributed by atoms with E-state index in [4.69, 9.17) is 4.74 Å². The molecular formula is C19H25NO. The van der Waals surface area contributed by atoms with Gasteiger partial charge >= 0.3 is 0 Å². The fraction of sp³-hybridized carbons (Fsp3) is 0.474. The Hall–Kier alpha value is -1.54. The predicted octanol–water partition coefficient (Wildman–Crippen LogP) is 4.37. The van der Waals surface area contributed by atoms with E-state index >= 15 is 0 Å². The van der Waals surface area contributed by atoms with Crippen LogP contribution in [0.3, 0.4) is 0 Å². The van der Waals surface area contributed by atoms with Gasteiger partial charge < -0.3 is 10.1 Å². The predicted molar refractivity (Wildman–Crippen MR) is 88.7 cm³/mol. The lowest BCUT2D eigenvalue weighted by Crippen LogP contribution is -2.21. The minimum absolute atomic E-state index is 0.370. The van der Waals surface area contributed by atoms with Crippen LogP contribution in [-0.2, 0) is 6.54 Å². The second-order valence-corrected chi connectivity index (χ2v) is 7.23. The molecule has 2 nitrogen and oxygen atoms in total. The molecule has 1 fully saturated rings. The van der Waals surface area contributed by atoms with E-state index in [1.54, 1.807) is 7.11 Å². The third kappa shape index (κ3) is 2.13. The van der Waals surface area contributed by atoms with Gasteiger partial charge in [-0.25, -0.2) is 0 Å². The van der Waals surface area contributed by atoms with Crippen molar-refractivity contribution in [3.63, 3.8) is 0 Å². The molecule has 1 aliphatic carbocycles. The molecule has 1 saturated carbocycles. The number of benzene rings is 2. The van der Waals surface area contributed by atoms with Crippen LogP contribution in [0.1, 0.15) is 33.3 Å². The lowest BCUT2D eigenvalue weighted by molar-refractivity contribution is 0.419. The van der Waals surface area contributed by atoms with Crippen LogP contribution in [-0.4, -0.2) is 13.2 Å². The number of fused-ring (bicyclic) bond motifs is 1. The van der Waals surface area contributed by atoms with E-state index < -0.39 is 0 Å². The molecule has 0 saturated heterocycles. The van der Waals surface area contributed by atoms with E-state index in [1.807, 2.05) is 0 Å². The van der Waals surface area contributed by atoms with Gasteiger partial charge in [0, 0.05) is 18.0 Å². The van der Waals surface area contributed by atoms with Crippen LogP contribution >= 0.6 is 0 Å². The van der Waals surface area contributed by atoms with Gasteiger partial charge in [0.05, 0.1) is 7.11 Å². The first-order valence-corrected chi connectivity index (χ1v) is 7.67. The third-order valence-corrected chi connectivity index (χ3v) is 5.71. The van der Waals surface area contributed by atoms with Crippen molar-refractivity contribution in [1.29, 1.82) is 0 Å². The zero-order valence-electron chi connectivity index (χ0n) is 13.7. The van der Waals surface area contributed by atoms with Crippen molar-refractivity contribution >= 4 is 10.8 Å². The van der Waals surface area contributed by atoms with Crippen molar-refractivity contribution in [2.24, 2.45) is 10.8 Å². The summed E-state index contributed by atoms with van der Waals surface area (Å²) in [6.45, 7) is 10.3. The first-order chi connectivity index (χ1) is 9.89. The van der Waals surface area contributed by atoms with Crippen molar-refractivity contribution < 1.29 is 4.74 Å². The van der Waals surface area contributed by atoms with Gasteiger partial charge in [0.25, 0.3) is 0 Å².